The molecule has 0 aliphatic carbocycles. The Balaban J connectivity index is 2.15. The van der Waals surface area contributed by atoms with E-state index in [1.807, 2.05) is 0 Å². The van der Waals surface area contributed by atoms with Crippen LogP contribution in [-0.2, 0) is 9.53 Å². The van der Waals surface area contributed by atoms with Crippen LogP contribution in [0.2, 0.25) is 0 Å². The molecule has 1 fully saturated rings. The lowest BCUT2D eigenvalue weighted by molar-refractivity contribution is -0.145. The summed E-state index contributed by atoms with van der Waals surface area (Å²) in [7, 11) is 3.25. The molecule has 1 unspecified atom stereocenters. The molecular formula is C17H24FN3O4. The maximum Gasteiger partial charge on any atom is 0.257 e. The highest BCUT2D eigenvalue weighted by molar-refractivity contribution is 5.97. The first-order valence-electron chi connectivity index (χ1n) is 8.18. The summed E-state index contributed by atoms with van der Waals surface area (Å²) in [5, 5.41) is 0. The molecule has 2 N–H and O–H groups in total. The van der Waals surface area contributed by atoms with Gasteiger partial charge in [-0.15, -0.1) is 0 Å². The van der Waals surface area contributed by atoms with Gasteiger partial charge in [-0.25, -0.2) is 4.39 Å². The number of likely N-dealkylation sites (N-methyl/N-ethyl adjacent to an activating group) is 1. The smallest absolute Gasteiger partial charge is 0.257 e. The molecule has 0 aromatic heterocycles. The Kier molecular flexibility index (Phi) is 6.72. The molecule has 1 saturated heterocycles. The molecule has 0 radical (unpaired) electrons. The normalized spacial score (nSPS) is 17.3. The van der Waals surface area contributed by atoms with Crippen LogP contribution in [-0.4, -0.2) is 74.7 Å². The Labute approximate surface area is 146 Å². The van der Waals surface area contributed by atoms with Crippen molar-refractivity contribution >= 4 is 11.8 Å². The number of ether oxygens (including phenoxy) is 2. The fraction of sp³-hybridized carbons (Fsp3) is 0.529. The predicted molar refractivity (Wildman–Crippen MR) is 89.9 cm³/mol. The zero-order chi connectivity index (χ0) is 18.4. The molecule has 25 heavy (non-hydrogen) atoms. The average molecular weight is 353 g/mol. The Morgan fingerprint density at radius 3 is 2.88 bits per heavy atom. The standard InChI is InChI=1S/C17H24FN3O4/c1-20(2)17(23)15-11-21(7-9-25-15)16(22)13-10-12(18)4-5-14(13)24-8-3-6-19/h4-5,10,15H,3,6-9,11,19H2,1-2H3. The first kappa shape index (κ1) is 19.1. The van der Waals surface area contributed by atoms with Crippen molar-refractivity contribution in [3.63, 3.8) is 0 Å². The van der Waals surface area contributed by atoms with Crippen molar-refractivity contribution in [2.24, 2.45) is 5.73 Å². The third-order valence-electron chi connectivity index (χ3n) is 3.85. The van der Waals surface area contributed by atoms with Crippen molar-refractivity contribution in [2.75, 3.05) is 46.9 Å². The second-order valence-electron chi connectivity index (χ2n) is 5.97. The average Bonchev–Trinajstić information content (AvgIpc) is 2.61. The van der Waals surface area contributed by atoms with Gasteiger partial charge in [0.15, 0.2) is 6.10 Å². The monoisotopic (exact) mass is 353 g/mol. The lowest BCUT2D eigenvalue weighted by atomic mass is 10.1. The molecule has 1 aliphatic heterocycles. The molecule has 1 aromatic rings. The first-order chi connectivity index (χ1) is 11.9. The molecule has 1 atom stereocenters. The maximum absolute atomic E-state index is 13.6. The summed E-state index contributed by atoms with van der Waals surface area (Å²) in [5.74, 6) is -0.816. The summed E-state index contributed by atoms with van der Waals surface area (Å²) in [6, 6.07) is 3.83. The quantitative estimate of drug-likeness (QED) is 0.752. The largest absolute Gasteiger partial charge is 0.493 e. The van der Waals surface area contributed by atoms with Crippen molar-refractivity contribution in [2.45, 2.75) is 12.5 Å². The van der Waals surface area contributed by atoms with Gasteiger partial charge in [-0.2, -0.15) is 0 Å². The Morgan fingerprint density at radius 2 is 2.20 bits per heavy atom. The second-order valence-corrected chi connectivity index (χ2v) is 5.97. The summed E-state index contributed by atoms with van der Waals surface area (Å²) >= 11 is 0. The van der Waals surface area contributed by atoms with E-state index in [2.05, 4.69) is 0 Å². The molecular weight excluding hydrogens is 329 g/mol. The molecule has 1 heterocycles. The molecule has 1 aromatic carbocycles. The maximum atomic E-state index is 13.6. The highest BCUT2D eigenvalue weighted by atomic mass is 19.1. The van der Waals surface area contributed by atoms with Gasteiger partial charge in [0.05, 0.1) is 25.3 Å². The van der Waals surface area contributed by atoms with Gasteiger partial charge >= 0.3 is 0 Å². The van der Waals surface area contributed by atoms with Crippen molar-refractivity contribution in [1.82, 2.24) is 9.80 Å². The van der Waals surface area contributed by atoms with Gasteiger partial charge in [0.1, 0.15) is 11.6 Å². The Hall–Kier alpha value is -2.19. The van der Waals surface area contributed by atoms with E-state index in [0.717, 1.165) is 6.07 Å². The molecule has 0 saturated carbocycles. The Morgan fingerprint density at radius 1 is 1.44 bits per heavy atom. The van der Waals surface area contributed by atoms with Crippen LogP contribution in [0.4, 0.5) is 4.39 Å². The zero-order valence-corrected chi connectivity index (χ0v) is 14.5. The van der Waals surface area contributed by atoms with Gasteiger partial charge in [-0.05, 0) is 31.2 Å². The highest BCUT2D eigenvalue weighted by Gasteiger charge is 2.31. The van der Waals surface area contributed by atoms with Crippen LogP contribution in [0.3, 0.4) is 0 Å². The fourth-order valence-electron chi connectivity index (χ4n) is 2.50. The number of carbonyl (C=O) groups is 2. The summed E-state index contributed by atoms with van der Waals surface area (Å²) in [6.07, 6.45) is -0.0926. The number of halogens is 1. The SMILES string of the molecule is CN(C)C(=O)C1CN(C(=O)c2cc(F)ccc2OCCCN)CCO1. The number of nitrogens with two attached hydrogens (primary N) is 1. The summed E-state index contributed by atoms with van der Waals surface area (Å²) in [5.41, 5.74) is 5.57. The van der Waals surface area contributed by atoms with Crippen LogP contribution in [0.15, 0.2) is 18.2 Å². The molecule has 1 aliphatic rings. The van der Waals surface area contributed by atoms with Crippen LogP contribution in [0, 0.1) is 5.82 Å². The van der Waals surface area contributed by atoms with E-state index in [4.69, 9.17) is 15.2 Å². The van der Waals surface area contributed by atoms with Gasteiger partial charge in [-0.3, -0.25) is 9.59 Å². The molecule has 2 rings (SSSR count). The Bertz CT molecular complexity index is 624. The van der Waals surface area contributed by atoms with E-state index in [0.29, 0.717) is 31.9 Å². The van der Waals surface area contributed by atoms with E-state index in [1.165, 1.54) is 21.9 Å². The van der Waals surface area contributed by atoms with Gasteiger partial charge in [0.2, 0.25) is 0 Å². The van der Waals surface area contributed by atoms with Gasteiger partial charge in [-0.1, -0.05) is 0 Å². The minimum absolute atomic E-state index is 0.120. The molecule has 0 spiro atoms. The molecule has 138 valence electrons. The third kappa shape index (κ3) is 4.90. The van der Waals surface area contributed by atoms with Crippen LogP contribution in [0.5, 0.6) is 5.75 Å². The van der Waals surface area contributed by atoms with E-state index in [9.17, 15) is 14.0 Å². The molecule has 0 bridgehead atoms. The van der Waals surface area contributed by atoms with Gasteiger partial charge in [0.25, 0.3) is 11.8 Å². The minimum atomic E-state index is -0.720. The first-order valence-corrected chi connectivity index (χ1v) is 8.18. The number of hydrogen-bond acceptors (Lipinski definition) is 5. The number of benzene rings is 1. The third-order valence-corrected chi connectivity index (χ3v) is 3.85. The number of nitrogens with zero attached hydrogens (tertiary/aromatic N) is 2. The zero-order valence-electron chi connectivity index (χ0n) is 14.5. The molecule has 2 amide bonds. The van der Waals surface area contributed by atoms with Crippen molar-refractivity contribution in [3.8, 4) is 5.75 Å². The molecule has 8 heteroatoms. The van der Waals surface area contributed by atoms with Crippen LogP contribution >= 0.6 is 0 Å². The van der Waals surface area contributed by atoms with Crippen LogP contribution in [0.25, 0.3) is 0 Å². The predicted octanol–water partition coefficient (Wildman–Crippen LogP) is 0.483. The lowest BCUT2D eigenvalue weighted by Crippen LogP contribution is -2.51. The van der Waals surface area contributed by atoms with Gasteiger partial charge in [0, 0.05) is 20.6 Å². The van der Waals surface area contributed by atoms with Crippen LogP contribution in [0.1, 0.15) is 16.8 Å². The number of carbonyl (C=O) groups excluding carboxylic acids is 2. The number of morpholine rings is 1. The van der Waals surface area contributed by atoms with E-state index in [-0.39, 0.29) is 30.5 Å². The highest BCUT2D eigenvalue weighted by Crippen LogP contribution is 2.23. The van der Waals surface area contributed by atoms with Crippen molar-refractivity contribution < 1.29 is 23.5 Å². The minimum Gasteiger partial charge on any atom is -0.493 e. The second kappa shape index (κ2) is 8.77. The van der Waals surface area contributed by atoms with Crippen LogP contribution < -0.4 is 10.5 Å². The van der Waals surface area contributed by atoms with Crippen molar-refractivity contribution in [1.29, 1.82) is 0 Å². The van der Waals surface area contributed by atoms with Gasteiger partial charge < -0.3 is 25.0 Å². The number of amides is 2. The lowest BCUT2D eigenvalue weighted by Gasteiger charge is -2.33. The molecule has 7 nitrogen and oxygen atoms in total. The van der Waals surface area contributed by atoms with Crippen molar-refractivity contribution in [3.05, 3.63) is 29.6 Å². The number of rotatable bonds is 6. The fourth-order valence-corrected chi connectivity index (χ4v) is 2.50. The summed E-state index contributed by atoms with van der Waals surface area (Å²) in [4.78, 5) is 27.8. The van der Waals surface area contributed by atoms with E-state index < -0.39 is 11.9 Å². The van der Waals surface area contributed by atoms with E-state index in [1.54, 1.807) is 14.1 Å². The summed E-state index contributed by atoms with van der Waals surface area (Å²) < 4.78 is 24.6. The topological polar surface area (TPSA) is 85.1 Å². The summed E-state index contributed by atoms with van der Waals surface area (Å²) in [6.45, 7) is 1.49. The van der Waals surface area contributed by atoms with E-state index >= 15 is 0 Å². The number of hydrogen-bond donors (Lipinski definition) is 1.